The molecule has 1 aliphatic rings. The topological polar surface area (TPSA) is 109 Å². The van der Waals surface area contributed by atoms with E-state index in [1.165, 1.54) is 0 Å². The fraction of sp³-hybridized carbons (Fsp3) is 0.480. The van der Waals surface area contributed by atoms with Gasteiger partial charge in [-0.15, -0.1) is 0 Å². The Labute approximate surface area is 190 Å². The van der Waals surface area contributed by atoms with E-state index in [2.05, 4.69) is 10.3 Å². The van der Waals surface area contributed by atoms with Gasteiger partial charge in [-0.2, -0.15) is 0 Å². The summed E-state index contributed by atoms with van der Waals surface area (Å²) in [4.78, 5) is 31.4. The van der Waals surface area contributed by atoms with Crippen LogP contribution in [0.1, 0.15) is 38.7 Å². The molecule has 0 aliphatic carbocycles. The second-order valence-electron chi connectivity index (χ2n) is 8.99. The van der Waals surface area contributed by atoms with E-state index in [4.69, 9.17) is 5.73 Å². The fourth-order valence-electron chi connectivity index (χ4n) is 4.10. The maximum Gasteiger partial charge on any atom is 0.237 e. The lowest BCUT2D eigenvalue weighted by Gasteiger charge is -2.26. The zero-order valence-electron chi connectivity index (χ0n) is 18.9. The highest BCUT2D eigenvalue weighted by atomic mass is 16.3. The Morgan fingerprint density at radius 2 is 2.06 bits per heavy atom. The van der Waals surface area contributed by atoms with Crippen molar-refractivity contribution in [3.8, 4) is 11.3 Å². The molecule has 1 aromatic carbocycles. The number of β-amino-alcohol motifs (C(OH)–C–C–N with tert-alkyl or cyclic N) is 1. The molecule has 1 aliphatic heterocycles. The lowest BCUT2D eigenvalue weighted by molar-refractivity contribution is -0.131. The van der Waals surface area contributed by atoms with E-state index in [1.54, 1.807) is 11.1 Å². The molecule has 1 fully saturated rings. The molecule has 0 spiro atoms. The van der Waals surface area contributed by atoms with Gasteiger partial charge in [-0.25, -0.2) is 0 Å². The van der Waals surface area contributed by atoms with E-state index in [-0.39, 0.29) is 24.8 Å². The number of hydrogen-bond donors (Lipinski definition) is 3. The lowest BCUT2D eigenvalue weighted by atomic mass is 10.0. The van der Waals surface area contributed by atoms with Gasteiger partial charge in [0.05, 0.1) is 30.3 Å². The van der Waals surface area contributed by atoms with Crippen LogP contribution in [0, 0.1) is 5.92 Å². The Morgan fingerprint density at radius 3 is 2.78 bits per heavy atom. The summed E-state index contributed by atoms with van der Waals surface area (Å²) in [5, 5.41) is 13.6. The van der Waals surface area contributed by atoms with Gasteiger partial charge in [-0.3, -0.25) is 14.6 Å². The van der Waals surface area contributed by atoms with Crippen LogP contribution in [0.5, 0.6) is 0 Å². The molecule has 3 atom stereocenters. The average Bonchev–Trinajstić information content (AvgIpc) is 2.95. The summed E-state index contributed by atoms with van der Waals surface area (Å²) in [5.41, 5.74) is 8.70. The molecule has 3 rings (SSSR count). The first-order valence-electron chi connectivity index (χ1n) is 11.4. The number of nitrogens with zero attached hydrogens (tertiary/aromatic N) is 2. The number of carbonyl (C=O) groups excluding carboxylic acids is 2. The van der Waals surface area contributed by atoms with Gasteiger partial charge < -0.3 is 21.1 Å². The molecule has 32 heavy (non-hydrogen) atoms. The van der Waals surface area contributed by atoms with Crippen molar-refractivity contribution in [3.05, 3.63) is 54.2 Å². The van der Waals surface area contributed by atoms with Gasteiger partial charge >= 0.3 is 0 Å². The first kappa shape index (κ1) is 23.9. The molecule has 172 valence electrons. The highest BCUT2D eigenvalue weighted by Crippen LogP contribution is 2.19. The zero-order chi connectivity index (χ0) is 23.1. The number of benzene rings is 1. The molecule has 2 amide bonds. The molecular formula is C25H34N4O3. The van der Waals surface area contributed by atoms with E-state index in [0.717, 1.165) is 16.8 Å². The summed E-state index contributed by atoms with van der Waals surface area (Å²) >= 11 is 0. The van der Waals surface area contributed by atoms with Crippen molar-refractivity contribution in [2.75, 3.05) is 13.1 Å². The average molecular weight is 439 g/mol. The predicted molar refractivity (Wildman–Crippen MR) is 125 cm³/mol. The van der Waals surface area contributed by atoms with Crippen LogP contribution in [-0.4, -0.2) is 58.1 Å². The van der Waals surface area contributed by atoms with Crippen LogP contribution in [0.3, 0.4) is 0 Å². The molecule has 1 aromatic heterocycles. The smallest absolute Gasteiger partial charge is 0.237 e. The summed E-state index contributed by atoms with van der Waals surface area (Å²) in [5.74, 6) is 0.0404. The molecule has 1 saturated heterocycles. The summed E-state index contributed by atoms with van der Waals surface area (Å²) < 4.78 is 0. The summed E-state index contributed by atoms with van der Waals surface area (Å²) in [6.07, 6.45) is 3.09. The van der Waals surface area contributed by atoms with Crippen molar-refractivity contribution in [2.24, 2.45) is 11.7 Å². The minimum atomic E-state index is -0.823. The van der Waals surface area contributed by atoms with Crippen molar-refractivity contribution in [3.63, 3.8) is 0 Å². The van der Waals surface area contributed by atoms with Gasteiger partial charge in [0.25, 0.3) is 0 Å². The maximum absolute atomic E-state index is 13.0. The van der Waals surface area contributed by atoms with E-state index >= 15 is 0 Å². The predicted octanol–water partition coefficient (Wildman–Crippen LogP) is 2.13. The first-order valence-corrected chi connectivity index (χ1v) is 11.4. The number of hydrogen-bond acceptors (Lipinski definition) is 5. The Kier molecular flexibility index (Phi) is 8.36. The molecule has 2 heterocycles. The standard InChI is InChI=1S/C25H34N4O3/c1-17(2)13-20(26)25(32)28-22-10-6-12-29(16-23(22)30)24(31)15-18-7-5-8-19(14-18)21-9-3-4-11-27-21/h3-5,7-9,11,14,17,20,22-23,30H,6,10,12-13,15-16,26H2,1-2H3,(H,28,32)/t20?,22?,23-/m0/s1. The quantitative estimate of drug-likeness (QED) is 0.614. The molecule has 2 aromatic rings. The largest absolute Gasteiger partial charge is 0.389 e. The molecule has 7 heteroatoms. The monoisotopic (exact) mass is 438 g/mol. The molecule has 0 radical (unpaired) electrons. The SMILES string of the molecule is CC(C)CC(N)C(=O)NC1CCCN(C(=O)Cc2cccc(-c3ccccn3)c2)C[C@@H]1O. The van der Waals surface area contributed by atoms with E-state index in [9.17, 15) is 14.7 Å². The first-order chi connectivity index (χ1) is 15.3. The lowest BCUT2D eigenvalue weighted by Crippen LogP contribution is -2.51. The third-order valence-corrected chi connectivity index (χ3v) is 5.80. The Morgan fingerprint density at radius 1 is 1.25 bits per heavy atom. The number of nitrogens with two attached hydrogens (primary N) is 1. The highest BCUT2D eigenvalue weighted by molar-refractivity contribution is 5.82. The summed E-state index contributed by atoms with van der Waals surface area (Å²) in [6, 6.07) is 12.6. The fourth-order valence-corrected chi connectivity index (χ4v) is 4.10. The van der Waals surface area contributed by atoms with E-state index < -0.39 is 18.2 Å². The number of amides is 2. The second-order valence-corrected chi connectivity index (χ2v) is 8.99. The third kappa shape index (κ3) is 6.61. The molecule has 0 bridgehead atoms. The molecular weight excluding hydrogens is 404 g/mol. The van der Waals surface area contributed by atoms with E-state index in [1.807, 2.05) is 56.3 Å². The minimum Gasteiger partial charge on any atom is -0.389 e. The summed E-state index contributed by atoms with van der Waals surface area (Å²) in [6.45, 7) is 4.79. The molecule has 4 N–H and O–H groups in total. The number of pyridine rings is 1. The third-order valence-electron chi connectivity index (χ3n) is 5.80. The Bertz CT molecular complexity index is 903. The summed E-state index contributed by atoms with van der Waals surface area (Å²) in [7, 11) is 0. The Hall–Kier alpha value is -2.77. The van der Waals surface area contributed by atoms with Crippen LogP contribution in [0.4, 0.5) is 0 Å². The van der Waals surface area contributed by atoms with Gasteiger partial charge in [0.2, 0.25) is 11.8 Å². The van der Waals surface area contributed by atoms with Gasteiger partial charge in [0.1, 0.15) is 0 Å². The second kappa shape index (κ2) is 11.2. The van der Waals surface area contributed by atoms with Crippen LogP contribution in [0.2, 0.25) is 0 Å². The number of nitrogens with one attached hydrogen (secondary N) is 1. The van der Waals surface area contributed by atoms with Crippen LogP contribution in [-0.2, 0) is 16.0 Å². The van der Waals surface area contributed by atoms with Gasteiger partial charge in [-0.05, 0) is 48.9 Å². The van der Waals surface area contributed by atoms with Gasteiger partial charge in [0, 0.05) is 24.8 Å². The number of aliphatic hydroxyl groups is 1. The van der Waals surface area contributed by atoms with Crippen LogP contribution in [0.25, 0.3) is 11.3 Å². The van der Waals surface area contributed by atoms with Crippen molar-refractivity contribution in [1.29, 1.82) is 0 Å². The van der Waals surface area contributed by atoms with Crippen molar-refractivity contribution in [2.45, 2.75) is 57.7 Å². The van der Waals surface area contributed by atoms with Crippen molar-refractivity contribution in [1.82, 2.24) is 15.2 Å². The van der Waals surface area contributed by atoms with Crippen LogP contribution < -0.4 is 11.1 Å². The number of carbonyl (C=O) groups is 2. The molecule has 0 saturated carbocycles. The number of aromatic nitrogens is 1. The van der Waals surface area contributed by atoms with Gasteiger partial charge in [-0.1, -0.05) is 38.1 Å². The van der Waals surface area contributed by atoms with Crippen LogP contribution >= 0.6 is 0 Å². The minimum absolute atomic E-state index is 0.0364. The number of likely N-dealkylation sites (tertiary alicyclic amines) is 1. The Balaban J connectivity index is 1.59. The number of aliphatic hydroxyl groups excluding tert-OH is 1. The van der Waals surface area contributed by atoms with Gasteiger partial charge in [0.15, 0.2) is 0 Å². The number of rotatable bonds is 7. The van der Waals surface area contributed by atoms with Crippen molar-refractivity contribution < 1.29 is 14.7 Å². The molecule has 2 unspecified atom stereocenters. The van der Waals surface area contributed by atoms with Crippen LogP contribution in [0.15, 0.2) is 48.7 Å². The zero-order valence-corrected chi connectivity index (χ0v) is 18.9. The molecule has 7 nitrogen and oxygen atoms in total. The van der Waals surface area contributed by atoms with E-state index in [0.29, 0.717) is 31.7 Å². The normalized spacial score (nSPS) is 20.0. The van der Waals surface area contributed by atoms with Crippen molar-refractivity contribution >= 4 is 11.8 Å². The highest BCUT2D eigenvalue weighted by Gasteiger charge is 2.30. The maximum atomic E-state index is 13.0.